The van der Waals surface area contributed by atoms with Crippen LogP contribution in [-0.4, -0.2) is 104 Å². The molecule has 2 amide bonds. The van der Waals surface area contributed by atoms with Gasteiger partial charge in [-0.2, -0.15) is 9.97 Å². The molecule has 0 radical (unpaired) electrons. The van der Waals surface area contributed by atoms with E-state index in [1.54, 1.807) is 0 Å². The van der Waals surface area contributed by atoms with Crippen LogP contribution in [0.4, 0.5) is 19.0 Å². The Morgan fingerprint density at radius 3 is 2.64 bits per heavy atom. The first-order valence-corrected chi connectivity index (χ1v) is 20.3. The summed E-state index contributed by atoms with van der Waals surface area (Å²) in [6.07, 6.45) is 14.9. The lowest BCUT2D eigenvalue weighted by atomic mass is 9.49. The van der Waals surface area contributed by atoms with Gasteiger partial charge in [-0.3, -0.25) is 19.5 Å². The average Bonchev–Trinajstić information content (AvgIpc) is 3.82. The number of phenols is 1. The fourth-order valence-electron chi connectivity index (χ4n) is 11.7. The van der Waals surface area contributed by atoms with Crippen molar-refractivity contribution in [3.8, 4) is 35.4 Å². The zero-order valence-corrected chi connectivity index (χ0v) is 32.1. The normalized spacial score (nSPS) is 29.9. The Morgan fingerprint density at radius 2 is 1.88 bits per heavy atom. The number of hydrogen-bond donors (Lipinski definition) is 2. The van der Waals surface area contributed by atoms with E-state index in [1.165, 1.54) is 36.5 Å². The SMILES string of the molecule is C#Cc1c(F)ccc2cc(O)cc(-c3ncc4c(N5CC6CCC(C5)N6C(=O)C56CCCC(NC(=O)C=C)(C5)C6)nc(OCC56CCCN5CC(F)C6)nc4c3F)c12. The number of carbonyl (C=O) groups excluding carboxylic acids is 2. The molecule has 7 fully saturated rings. The topological polar surface area (TPSA) is 124 Å². The van der Waals surface area contributed by atoms with E-state index in [1.807, 2.05) is 0 Å². The lowest BCUT2D eigenvalue weighted by molar-refractivity contribution is -0.166. The summed E-state index contributed by atoms with van der Waals surface area (Å²) in [4.78, 5) is 47.0. The van der Waals surface area contributed by atoms with Gasteiger partial charge in [-0.25, -0.2) is 13.2 Å². The number of aromatic nitrogens is 3. The molecule has 3 aliphatic carbocycles. The minimum atomic E-state index is -0.970. The van der Waals surface area contributed by atoms with Crippen molar-refractivity contribution in [2.45, 2.75) is 93.5 Å². The number of pyridine rings is 1. The number of fused-ring (bicyclic) bond motifs is 7. The molecule has 11 nitrogen and oxygen atoms in total. The molecule has 4 bridgehead atoms. The van der Waals surface area contributed by atoms with Gasteiger partial charge in [0.2, 0.25) is 11.8 Å². The summed E-state index contributed by atoms with van der Waals surface area (Å²) < 4.78 is 53.3. The van der Waals surface area contributed by atoms with Gasteiger partial charge < -0.3 is 25.0 Å². The van der Waals surface area contributed by atoms with Crippen LogP contribution in [0.15, 0.2) is 43.1 Å². The Balaban J connectivity index is 1.02. The molecule has 14 heteroatoms. The van der Waals surface area contributed by atoms with E-state index in [0.717, 1.165) is 51.5 Å². The highest BCUT2D eigenvalue weighted by atomic mass is 19.1. The van der Waals surface area contributed by atoms with Crippen molar-refractivity contribution in [2.24, 2.45) is 5.41 Å². The third kappa shape index (κ3) is 5.63. The number of ether oxygens (including phenoxy) is 1. The largest absolute Gasteiger partial charge is 0.508 e. The number of phenolic OH excluding ortho intramolecular Hbond substituents is 1. The number of nitrogens with one attached hydrogen (secondary N) is 1. The first kappa shape index (κ1) is 36.9. The minimum absolute atomic E-state index is 0.0717. The van der Waals surface area contributed by atoms with Crippen molar-refractivity contribution in [1.82, 2.24) is 30.1 Å². The number of carbonyl (C=O) groups is 2. The van der Waals surface area contributed by atoms with Gasteiger partial charge in [0.25, 0.3) is 0 Å². The van der Waals surface area contributed by atoms with Gasteiger partial charge in [0.05, 0.1) is 21.9 Å². The number of hydrogen-bond acceptors (Lipinski definition) is 9. The van der Waals surface area contributed by atoms with Crippen molar-refractivity contribution >= 4 is 39.3 Å². The molecule has 3 saturated carbocycles. The van der Waals surface area contributed by atoms with Crippen molar-refractivity contribution in [2.75, 3.05) is 37.7 Å². The molecule has 4 aliphatic heterocycles. The van der Waals surface area contributed by atoms with E-state index in [2.05, 4.69) is 42.5 Å². The second-order valence-electron chi connectivity index (χ2n) is 17.5. The third-order valence-electron chi connectivity index (χ3n) is 14.0. The van der Waals surface area contributed by atoms with Crippen LogP contribution in [0.25, 0.3) is 32.9 Å². The average molecular weight is 792 g/mol. The van der Waals surface area contributed by atoms with Gasteiger partial charge in [0, 0.05) is 60.8 Å². The Kier molecular flexibility index (Phi) is 8.46. The second kappa shape index (κ2) is 13.3. The molecule has 6 heterocycles. The summed E-state index contributed by atoms with van der Waals surface area (Å²) in [6, 6.07) is 5.09. The fraction of sp³-hybridized carbons (Fsp3) is 0.477. The molecule has 300 valence electrons. The fourth-order valence-corrected chi connectivity index (χ4v) is 11.7. The van der Waals surface area contributed by atoms with E-state index in [4.69, 9.17) is 16.1 Å². The summed E-state index contributed by atoms with van der Waals surface area (Å²) in [6.45, 7) is 5.72. The van der Waals surface area contributed by atoms with Crippen LogP contribution < -0.4 is 15.0 Å². The Hall–Kier alpha value is -5.42. The maximum Gasteiger partial charge on any atom is 0.319 e. The number of benzene rings is 2. The van der Waals surface area contributed by atoms with E-state index < -0.39 is 28.8 Å². The van der Waals surface area contributed by atoms with Gasteiger partial charge >= 0.3 is 6.01 Å². The Bertz CT molecular complexity index is 2450. The minimum Gasteiger partial charge on any atom is -0.508 e. The number of piperazine rings is 1. The molecule has 11 rings (SSSR count). The molecule has 4 unspecified atom stereocenters. The van der Waals surface area contributed by atoms with Crippen molar-refractivity contribution in [3.05, 3.63) is 60.3 Å². The van der Waals surface area contributed by atoms with E-state index >= 15 is 8.78 Å². The third-order valence-corrected chi connectivity index (χ3v) is 14.0. The first-order chi connectivity index (χ1) is 27.9. The van der Waals surface area contributed by atoms with Crippen LogP contribution >= 0.6 is 0 Å². The number of alkyl halides is 1. The number of halogens is 3. The van der Waals surface area contributed by atoms with E-state index in [-0.39, 0.29) is 75.5 Å². The van der Waals surface area contributed by atoms with Crippen molar-refractivity contribution in [3.63, 3.8) is 0 Å². The highest BCUT2D eigenvalue weighted by Gasteiger charge is 2.64. The summed E-state index contributed by atoms with van der Waals surface area (Å²) in [7, 11) is 0. The van der Waals surface area contributed by atoms with Gasteiger partial charge in [0.15, 0.2) is 5.82 Å². The number of terminal acetylenes is 1. The van der Waals surface area contributed by atoms with Crippen molar-refractivity contribution in [1.29, 1.82) is 0 Å². The maximum atomic E-state index is 17.2. The smallest absolute Gasteiger partial charge is 0.319 e. The molecule has 7 aliphatic rings. The molecule has 0 spiro atoms. The standard InChI is InChI=1S/C44H44F3N7O4/c1-3-30-33(46)10-7-25-15-29(55)16-31(35(25)30)37-36(47)38-32(18-48-37)39(50-41(49-38)58-24-44-13-6-14-53(44)19-26(45)17-44)52-20-27-8-9-28(21-52)54(27)40(57)42-11-5-12-43(22-42,23-42)51-34(56)4-2/h1,4,7,10,15-16,18,26-28,55H,2,5-6,8-9,11-14,17,19-24H2,(H,51,56). The van der Waals surface area contributed by atoms with Gasteiger partial charge in [-0.1, -0.05) is 25.0 Å². The number of aromatic hydroxyl groups is 1. The van der Waals surface area contributed by atoms with Crippen LogP contribution in [0.2, 0.25) is 0 Å². The predicted octanol–water partition coefficient (Wildman–Crippen LogP) is 5.95. The number of nitrogens with zero attached hydrogens (tertiary/aromatic N) is 6. The lowest BCUT2D eigenvalue weighted by Crippen LogP contribution is -2.70. The van der Waals surface area contributed by atoms with Gasteiger partial charge in [-0.15, -0.1) is 6.42 Å². The van der Waals surface area contributed by atoms with E-state index in [9.17, 15) is 19.1 Å². The number of rotatable bonds is 8. The zero-order valence-electron chi connectivity index (χ0n) is 32.1. The van der Waals surface area contributed by atoms with Gasteiger partial charge in [0.1, 0.15) is 41.4 Å². The summed E-state index contributed by atoms with van der Waals surface area (Å²) in [5, 5.41) is 14.7. The molecule has 4 aromatic rings. The summed E-state index contributed by atoms with van der Waals surface area (Å²) in [5.41, 5.74) is -1.65. The molecule has 2 aromatic heterocycles. The molecule has 2 aromatic carbocycles. The molecule has 2 N–H and O–H groups in total. The van der Waals surface area contributed by atoms with Crippen LogP contribution in [0.5, 0.6) is 11.8 Å². The highest BCUT2D eigenvalue weighted by molar-refractivity contribution is 6.03. The van der Waals surface area contributed by atoms with Gasteiger partial charge in [-0.05, 0) is 87.6 Å². The zero-order chi connectivity index (χ0) is 40.1. The predicted molar refractivity (Wildman–Crippen MR) is 211 cm³/mol. The Labute approximate surface area is 333 Å². The first-order valence-electron chi connectivity index (χ1n) is 20.3. The van der Waals surface area contributed by atoms with Crippen LogP contribution in [0, 0.1) is 29.4 Å². The van der Waals surface area contributed by atoms with Crippen LogP contribution in [0.1, 0.15) is 69.8 Å². The molecule has 4 saturated heterocycles. The molecule has 58 heavy (non-hydrogen) atoms. The lowest BCUT2D eigenvalue weighted by Gasteiger charge is -2.61. The number of anilines is 1. The molecular formula is C44H44F3N7O4. The van der Waals surface area contributed by atoms with Crippen LogP contribution in [0.3, 0.4) is 0 Å². The number of amides is 2. The second-order valence-corrected chi connectivity index (χ2v) is 17.5. The van der Waals surface area contributed by atoms with Crippen LogP contribution in [-0.2, 0) is 9.59 Å². The maximum absolute atomic E-state index is 17.2. The van der Waals surface area contributed by atoms with E-state index in [0.29, 0.717) is 55.5 Å². The van der Waals surface area contributed by atoms with Crippen molar-refractivity contribution < 1.29 is 32.6 Å². The quantitative estimate of drug-likeness (QED) is 0.165. The highest BCUT2D eigenvalue weighted by Crippen LogP contribution is 2.60. The Morgan fingerprint density at radius 1 is 1.09 bits per heavy atom. The monoisotopic (exact) mass is 791 g/mol. The molecule has 4 atom stereocenters. The summed E-state index contributed by atoms with van der Waals surface area (Å²) >= 11 is 0. The summed E-state index contributed by atoms with van der Waals surface area (Å²) in [5.74, 6) is 1.02. The molecular weight excluding hydrogens is 748 g/mol.